The van der Waals surface area contributed by atoms with Crippen molar-refractivity contribution in [3.05, 3.63) is 41.6 Å². The van der Waals surface area contributed by atoms with E-state index in [1.807, 2.05) is 0 Å². The lowest BCUT2D eigenvalue weighted by Gasteiger charge is -2.68. The lowest BCUT2D eigenvalue weighted by Crippen LogP contribution is -2.68. The predicted octanol–water partition coefficient (Wildman–Crippen LogP) is 6.17. The average Bonchev–Trinajstić information content (AvgIpc) is 3.17. The zero-order chi connectivity index (χ0) is 22.1. The van der Waals surface area contributed by atoms with Crippen LogP contribution in [0.1, 0.15) is 72.3 Å². The normalized spacial score (nSPS) is 40.8. The summed E-state index contributed by atoms with van der Waals surface area (Å²) in [4.78, 5) is 3.52. The van der Waals surface area contributed by atoms with Crippen LogP contribution in [0.2, 0.25) is 0 Å². The van der Waals surface area contributed by atoms with Crippen LogP contribution >= 0.6 is 0 Å². The molecule has 2 fully saturated rings. The number of nitrogens with one attached hydrogen (secondary N) is 1. The Morgan fingerprint density at radius 3 is 2.55 bits per heavy atom. The number of hydrogen-bond donors (Lipinski definition) is 3. The molecule has 0 aliphatic heterocycles. The van der Waals surface area contributed by atoms with Gasteiger partial charge in [-0.3, -0.25) is 0 Å². The number of aliphatic hydroxyl groups is 2. The van der Waals surface area contributed by atoms with E-state index < -0.39 is 0 Å². The minimum atomic E-state index is -0.356. The van der Waals surface area contributed by atoms with Crippen molar-refractivity contribution in [2.75, 3.05) is 0 Å². The molecule has 2 aromatic rings. The van der Waals surface area contributed by atoms with Crippen molar-refractivity contribution in [1.82, 2.24) is 4.98 Å². The lowest BCUT2D eigenvalue weighted by molar-refractivity contribution is -0.240. The molecule has 0 unspecified atom stereocenters. The number of aromatic amines is 1. The minimum Gasteiger partial charge on any atom is -0.393 e. The van der Waals surface area contributed by atoms with Crippen molar-refractivity contribution in [3.8, 4) is 0 Å². The molecule has 3 N–H and O–H groups in total. The van der Waals surface area contributed by atoms with Crippen LogP contribution in [0.3, 0.4) is 0 Å². The fourth-order valence-corrected chi connectivity index (χ4v) is 8.25. The first-order chi connectivity index (χ1) is 14.7. The topological polar surface area (TPSA) is 56.2 Å². The largest absolute Gasteiger partial charge is 0.393 e. The maximum atomic E-state index is 11.7. The second-order valence-corrected chi connectivity index (χ2v) is 11.4. The van der Waals surface area contributed by atoms with Gasteiger partial charge < -0.3 is 15.2 Å². The van der Waals surface area contributed by atoms with E-state index >= 15 is 0 Å². The maximum Gasteiger partial charge on any atom is 0.0608 e. The summed E-state index contributed by atoms with van der Waals surface area (Å²) < 4.78 is 0. The molecular weight excluding hydrogens is 382 g/mol. The molecule has 3 aliphatic rings. The van der Waals surface area contributed by atoms with E-state index in [0.29, 0.717) is 17.8 Å². The molecule has 0 bridgehead atoms. The number of benzene rings is 1. The van der Waals surface area contributed by atoms with Gasteiger partial charge in [-0.05, 0) is 67.4 Å². The summed E-state index contributed by atoms with van der Waals surface area (Å²) >= 11 is 0. The summed E-state index contributed by atoms with van der Waals surface area (Å²) in [7, 11) is 0. The van der Waals surface area contributed by atoms with Crippen molar-refractivity contribution in [1.29, 1.82) is 0 Å². The summed E-state index contributed by atoms with van der Waals surface area (Å²) in [5, 5.41) is 24.5. The zero-order valence-corrected chi connectivity index (χ0v) is 19.8. The standard InChI is InChI=1S/C28H39NO2/c1-16(2)19-12-13-28-23(30)11-10-18(4)27(28,5)24(31)14-17(3)26(28)25(19)21-15-29-22-9-7-6-8-20(21)22/h6-9,15-18,23-24,26,29-31H,10-14H2,1-5H3/t17-,18-,23+,24-,26+,27-,28+/m1/s1. The van der Waals surface area contributed by atoms with E-state index in [1.54, 1.807) is 5.57 Å². The predicted molar refractivity (Wildman–Crippen MR) is 128 cm³/mol. The van der Waals surface area contributed by atoms with Crippen LogP contribution < -0.4 is 0 Å². The number of aliphatic hydroxyl groups excluding tert-OH is 2. The van der Waals surface area contributed by atoms with Crippen molar-refractivity contribution in [2.45, 2.75) is 78.9 Å². The SMILES string of the molecule is CC(C)C1=C(c2c[nH]c3ccccc23)[C@@H]2[C@H](C)C[C@@H](O)[C@@]3(C)[C@H](C)CC[C@H](O)[C@@]23CC1. The van der Waals surface area contributed by atoms with Gasteiger partial charge in [0.1, 0.15) is 0 Å². The van der Waals surface area contributed by atoms with Crippen molar-refractivity contribution in [2.24, 2.45) is 34.5 Å². The molecule has 0 saturated heterocycles. The third-order valence-corrected chi connectivity index (χ3v) is 9.95. The van der Waals surface area contributed by atoms with Crippen molar-refractivity contribution < 1.29 is 10.2 Å². The van der Waals surface area contributed by atoms with E-state index in [4.69, 9.17) is 0 Å². The van der Waals surface area contributed by atoms with Crippen LogP contribution in [-0.4, -0.2) is 27.4 Å². The highest BCUT2D eigenvalue weighted by Crippen LogP contribution is 2.71. The fraction of sp³-hybridized carbons (Fsp3) is 0.643. The lowest BCUT2D eigenvalue weighted by atomic mass is 9.37. The third kappa shape index (κ3) is 2.66. The van der Waals surface area contributed by atoms with Crippen molar-refractivity contribution >= 4 is 16.5 Å². The van der Waals surface area contributed by atoms with Gasteiger partial charge in [0.05, 0.1) is 12.2 Å². The number of allylic oxidation sites excluding steroid dienone is 2. The van der Waals surface area contributed by atoms with Gasteiger partial charge in [0.15, 0.2) is 0 Å². The second-order valence-electron chi connectivity index (χ2n) is 11.4. The fourth-order valence-electron chi connectivity index (χ4n) is 8.25. The van der Waals surface area contributed by atoms with E-state index in [9.17, 15) is 10.2 Å². The quantitative estimate of drug-likeness (QED) is 0.543. The number of fused-ring (bicyclic) bond motifs is 1. The van der Waals surface area contributed by atoms with E-state index in [2.05, 4.69) is 70.1 Å². The van der Waals surface area contributed by atoms with Crippen LogP contribution in [0.15, 0.2) is 36.0 Å². The number of hydrogen-bond acceptors (Lipinski definition) is 2. The number of H-pyrrole nitrogens is 1. The molecule has 5 rings (SSSR count). The summed E-state index contributed by atoms with van der Waals surface area (Å²) in [6, 6.07) is 8.60. The molecule has 168 valence electrons. The zero-order valence-electron chi connectivity index (χ0n) is 19.8. The van der Waals surface area contributed by atoms with E-state index in [0.717, 1.165) is 32.1 Å². The van der Waals surface area contributed by atoms with Gasteiger partial charge in [0.2, 0.25) is 0 Å². The highest BCUT2D eigenvalue weighted by molar-refractivity contribution is 5.94. The van der Waals surface area contributed by atoms with Gasteiger partial charge >= 0.3 is 0 Å². The van der Waals surface area contributed by atoms with Gasteiger partial charge in [-0.15, -0.1) is 0 Å². The molecule has 1 heterocycles. The number of rotatable bonds is 2. The van der Waals surface area contributed by atoms with Crippen LogP contribution in [0.5, 0.6) is 0 Å². The Bertz CT molecular complexity index is 1020. The number of para-hydroxylation sites is 1. The van der Waals surface area contributed by atoms with Crippen LogP contribution in [0, 0.1) is 34.5 Å². The summed E-state index contributed by atoms with van der Waals surface area (Å²) in [6.45, 7) is 11.6. The molecule has 7 atom stereocenters. The molecule has 1 aromatic heterocycles. The smallest absolute Gasteiger partial charge is 0.0608 e. The first kappa shape index (κ1) is 21.3. The molecule has 1 spiro atoms. The van der Waals surface area contributed by atoms with Crippen LogP contribution in [0.4, 0.5) is 0 Å². The maximum absolute atomic E-state index is 11.7. The number of aromatic nitrogens is 1. The highest BCUT2D eigenvalue weighted by Gasteiger charge is 2.68. The van der Waals surface area contributed by atoms with Crippen molar-refractivity contribution in [3.63, 3.8) is 0 Å². The highest BCUT2D eigenvalue weighted by atomic mass is 16.3. The molecule has 1 aromatic carbocycles. The first-order valence-electron chi connectivity index (χ1n) is 12.4. The molecular formula is C28H39NO2. The molecule has 3 heteroatoms. The van der Waals surface area contributed by atoms with Gasteiger partial charge in [-0.1, -0.05) is 58.4 Å². The monoisotopic (exact) mass is 421 g/mol. The average molecular weight is 422 g/mol. The van der Waals surface area contributed by atoms with Gasteiger partial charge in [-0.2, -0.15) is 0 Å². The second kappa shape index (κ2) is 7.22. The Hall–Kier alpha value is -1.58. The molecule has 3 nitrogen and oxygen atoms in total. The van der Waals surface area contributed by atoms with E-state index in [1.165, 1.54) is 22.0 Å². The van der Waals surface area contributed by atoms with Gasteiger partial charge in [-0.25, -0.2) is 0 Å². The van der Waals surface area contributed by atoms with Gasteiger partial charge in [0, 0.05) is 33.5 Å². The van der Waals surface area contributed by atoms with Gasteiger partial charge in [0.25, 0.3) is 0 Å². The molecule has 2 saturated carbocycles. The Morgan fingerprint density at radius 2 is 1.81 bits per heavy atom. The van der Waals surface area contributed by atoms with Crippen LogP contribution in [-0.2, 0) is 0 Å². The Labute approximate surface area is 187 Å². The Morgan fingerprint density at radius 1 is 1.06 bits per heavy atom. The summed E-state index contributed by atoms with van der Waals surface area (Å²) in [6.07, 6.45) is 6.17. The Balaban J connectivity index is 1.80. The van der Waals surface area contributed by atoms with E-state index in [-0.39, 0.29) is 29.0 Å². The molecule has 3 aliphatic carbocycles. The summed E-state index contributed by atoms with van der Waals surface area (Å²) in [5.74, 6) is 1.49. The molecule has 0 radical (unpaired) electrons. The third-order valence-electron chi connectivity index (χ3n) is 9.95. The van der Waals surface area contributed by atoms with Crippen LogP contribution in [0.25, 0.3) is 16.5 Å². The molecule has 31 heavy (non-hydrogen) atoms. The first-order valence-corrected chi connectivity index (χ1v) is 12.4. The summed E-state index contributed by atoms with van der Waals surface area (Å²) in [5.41, 5.74) is 4.99. The minimum absolute atomic E-state index is 0.262. The molecule has 0 amide bonds. The Kier molecular flexibility index (Phi) is 4.95.